The van der Waals surface area contributed by atoms with Crippen LogP contribution in [-0.4, -0.2) is 17.9 Å². The van der Waals surface area contributed by atoms with Gasteiger partial charge in [0.2, 0.25) is 0 Å². The predicted octanol–water partition coefficient (Wildman–Crippen LogP) is 2.70. The lowest BCUT2D eigenvalue weighted by atomic mass is 9.90. The maximum atomic E-state index is 13.1. The number of ketones is 1. The van der Waals surface area contributed by atoms with Gasteiger partial charge in [-0.2, -0.15) is 0 Å². The molecule has 1 aromatic carbocycles. The van der Waals surface area contributed by atoms with Crippen LogP contribution >= 0.6 is 0 Å². The molecule has 0 amide bonds. The van der Waals surface area contributed by atoms with Gasteiger partial charge < -0.3 is 5.32 Å². The molecule has 0 aliphatic rings. The van der Waals surface area contributed by atoms with Gasteiger partial charge >= 0.3 is 0 Å². The Morgan fingerprint density at radius 3 is 2.62 bits per heavy atom. The van der Waals surface area contributed by atoms with Crippen LogP contribution in [0.4, 0.5) is 4.39 Å². The molecular weight excluding hydrogens is 205 g/mol. The maximum Gasteiger partial charge on any atom is 0.182 e. The van der Waals surface area contributed by atoms with Crippen LogP contribution in [0.2, 0.25) is 0 Å². The number of nitrogens with one attached hydrogen (secondary N) is 1. The lowest BCUT2D eigenvalue weighted by Crippen LogP contribution is -2.46. The molecule has 0 unspecified atom stereocenters. The van der Waals surface area contributed by atoms with Crippen LogP contribution in [0.5, 0.6) is 0 Å². The van der Waals surface area contributed by atoms with E-state index >= 15 is 0 Å². The van der Waals surface area contributed by atoms with Gasteiger partial charge in [0.05, 0.1) is 5.54 Å². The number of halogens is 1. The van der Waals surface area contributed by atoms with Gasteiger partial charge in [0.25, 0.3) is 0 Å². The Bertz CT molecular complexity index is 399. The van der Waals surface area contributed by atoms with E-state index in [1.54, 1.807) is 6.07 Å². The molecule has 3 heteroatoms. The number of carbonyl (C=O) groups is 1. The number of hydrogen-bond acceptors (Lipinski definition) is 2. The second-order valence-corrected chi connectivity index (χ2v) is 4.44. The third kappa shape index (κ3) is 2.67. The Kier molecular flexibility index (Phi) is 3.81. The van der Waals surface area contributed by atoms with Crippen molar-refractivity contribution in [2.75, 3.05) is 6.54 Å². The maximum absolute atomic E-state index is 13.1. The minimum Gasteiger partial charge on any atom is -0.305 e. The summed E-state index contributed by atoms with van der Waals surface area (Å²) in [5.41, 5.74) is 0.594. The summed E-state index contributed by atoms with van der Waals surface area (Å²) < 4.78 is 13.1. The largest absolute Gasteiger partial charge is 0.305 e. The number of benzene rings is 1. The van der Waals surface area contributed by atoms with Crippen LogP contribution in [0.15, 0.2) is 18.2 Å². The van der Waals surface area contributed by atoms with Gasteiger partial charge in [-0.25, -0.2) is 4.39 Å². The molecule has 0 atom stereocenters. The average Bonchev–Trinajstić information content (AvgIpc) is 2.20. The first-order valence-corrected chi connectivity index (χ1v) is 5.44. The molecule has 0 bridgehead atoms. The van der Waals surface area contributed by atoms with Crippen LogP contribution in [0.25, 0.3) is 0 Å². The van der Waals surface area contributed by atoms with Crippen LogP contribution in [-0.2, 0) is 0 Å². The number of likely N-dealkylation sites (N-methyl/N-ethyl adjacent to an activating group) is 1. The van der Waals surface area contributed by atoms with Crippen molar-refractivity contribution in [2.45, 2.75) is 33.2 Å². The topological polar surface area (TPSA) is 29.1 Å². The molecule has 1 N–H and O–H groups in total. The smallest absolute Gasteiger partial charge is 0.182 e. The molecule has 2 nitrogen and oxygen atoms in total. The molecule has 0 aliphatic carbocycles. The Balaban J connectivity index is 3.09. The van der Waals surface area contributed by atoms with Crippen molar-refractivity contribution in [2.24, 2.45) is 0 Å². The standard InChI is InChI=1S/C13H18FNO/c1-5-15-13(3,4)12(16)11-8-10(14)7-6-9(11)2/h6-8,15H,5H2,1-4H3. The predicted molar refractivity (Wildman–Crippen MR) is 63.2 cm³/mol. The zero-order valence-electron chi connectivity index (χ0n) is 10.2. The third-order valence-electron chi connectivity index (χ3n) is 2.63. The van der Waals surface area contributed by atoms with Gasteiger partial charge in [-0.05, 0) is 45.0 Å². The second kappa shape index (κ2) is 4.74. The molecule has 1 rings (SSSR count). The lowest BCUT2D eigenvalue weighted by Gasteiger charge is -2.24. The Morgan fingerprint density at radius 1 is 1.44 bits per heavy atom. The van der Waals surface area contributed by atoms with Crippen molar-refractivity contribution in [3.63, 3.8) is 0 Å². The number of rotatable bonds is 4. The zero-order chi connectivity index (χ0) is 12.3. The number of aryl methyl sites for hydroxylation is 1. The summed E-state index contributed by atoms with van der Waals surface area (Å²) >= 11 is 0. The molecule has 16 heavy (non-hydrogen) atoms. The Morgan fingerprint density at radius 2 is 2.06 bits per heavy atom. The number of hydrogen-bond donors (Lipinski definition) is 1. The van der Waals surface area contributed by atoms with E-state index in [1.165, 1.54) is 12.1 Å². The SMILES string of the molecule is CCNC(C)(C)C(=O)c1cc(F)ccc1C. The highest BCUT2D eigenvalue weighted by molar-refractivity contribution is 6.03. The second-order valence-electron chi connectivity index (χ2n) is 4.44. The van der Waals surface area contributed by atoms with Crippen molar-refractivity contribution < 1.29 is 9.18 Å². The van der Waals surface area contributed by atoms with Gasteiger partial charge in [-0.3, -0.25) is 4.79 Å². The molecule has 0 aliphatic heterocycles. The van der Waals surface area contributed by atoms with Crippen LogP contribution in [0.1, 0.15) is 36.7 Å². The fourth-order valence-electron chi connectivity index (χ4n) is 1.70. The highest BCUT2D eigenvalue weighted by Crippen LogP contribution is 2.17. The summed E-state index contributed by atoms with van der Waals surface area (Å²) in [6.45, 7) is 8.07. The van der Waals surface area contributed by atoms with Gasteiger partial charge in [0, 0.05) is 5.56 Å². The zero-order valence-corrected chi connectivity index (χ0v) is 10.2. The van der Waals surface area contributed by atoms with Crippen LogP contribution < -0.4 is 5.32 Å². The molecule has 0 saturated heterocycles. The van der Waals surface area contributed by atoms with E-state index < -0.39 is 5.54 Å². The number of carbonyl (C=O) groups excluding carboxylic acids is 1. The summed E-state index contributed by atoms with van der Waals surface area (Å²) in [5, 5.41) is 3.09. The summed E-state index contributed by atoms with van der Waals surface area (Å²) in [6, 6.07) is 4.30. The third-order valence-corrected chi connectivity index (χ3v) is 2.63. The molecular formula is C13H18FNO. The van der Waals surface area contributed by atoms with E-state index in [9.17, 15) is 9.18 Å². The summed E-state index contributed by atoms with van der Waals surface area (Å²) in [4.78, 5) is 12.2. The lowest BCUT2D eigenvalue weighted by molar-refractivity contribution is 0.0883. The Labute approximate surface area is 95.9 Å². The van der Waals surface area contributed by atoms with Gasteiger partial charge in [0.1, 0.15) is 5.82 Å². The minimum atomic E-state index is -0.659. The Hall–Kier alpha value is -1.22. The van der Waals surface area contributed by atoms with E-state index in [1.807, 2.05) is 27.7 Å². The van der Waals surface area contributed by atoms with Gasteiger partial charge in [-0.1, -0.05) is 13.0 Å². The van der Waals surface area contributed by atoms with E-state index in [2.05, 4.69) is 5.32 Å². The van der Waals surface area contributed by atoms with Gasteiger partial charge in [0.15, 0.2) is 5.78 Å². The van der Waals surface area contributed by atoms with Crippen molar-refractivity contribution >= 4 is 5.78 Å². The molecule has 0 radical (unpaired) electrons. The first-order chi connectivity index (χ1) is 7.38. The van der Waals surface area contributed by atoms with Crippen molar-refractivity contribution in [3.05, 3.63) is 35.1 Å². The van der Waals surface area contributed by atoms with E-state index in [-0.39, 0.29) is 11.6 Å². The van der Waals surface area contributed by atoms with E-state index in [0.717, 1.165) is 5.56 Å². The fraction of sp³-hybridized carbons (Fsp3) is 0.462. The first kappa shape index (κ1) is 12.8. The molecule has 0 saturated carbocycles. The molecule has 0 heterocycles. The molecule has 0 spiro atoms. The monoisotopic (exact) mass is 223 g/mol. The van der Waals surface area contributed by atoms with E-state index in [4.69, 9.17) is 0 Å². The normalized spacial score (nSPS) is 11.6. The highest BCUT2D eigenvalue weighted by Gasteiger charge is 2.28. The van der Waals surface area contributed by atoms with Crippen molar-refractivity contribution in [3.8, 4) is 0 Å². The highest BCUT2D eigenvalue weighted by atomic mass is 19.1. The van der Waals surface area contributed by atoms with Crippen LogP contribution in [0, 0.1) is 12.7 Å². The summed E-state index contributed by atoms with van der Waals surface area (Å²) in [5.74, 6) is -0.451. The summed E-state index contributed by atoms with van der Waals surface area (Å²) in [7, 11) is 0. The molecule has 1 aromatic rings. The average molecular weight is 223 g/mol. The van der Waals surface area contributed by atoms with Crippen LogP contribution in [0.3, 0.4) is 0 Å². The molecule has 0 aromatic heterocycles. The summed E-state index contributed by atoms with van der Waals surface area (Å²) in [6.07, 6.45) is 0. The minimum absolute atomic E-state index is 0.0775. The fourth-order valence-corrected chi connectivity index (χ4v) is 1.70. The quantitative estimate of drug-likeness (QED) is 0.795. The van der Waals surface area contributed by atoms with E-state index in [0.29, 0.717) is 12.1 Å². The van der Waals surface area contributed by atoms with Crippen molar-refractivity contribution in [1.29, 1.82) is 0 Å². The first-order valence-electron chi connectivity index (χ1n) is 5.44. The molecule has 88 valence electrons. The molecule has 0 fully saturated rings. The van der Waals surface area contributed by atoms with Crippen molar-refractivity contribution in [1.82, 2.24) is 5.32 Å². The van der Waals surface area contributed by atoms with Gasteiger partial charge in [-0.15, -0.1) is 0 Å². The number of Topliss-reactive ketones (excluding diaryl/α,β-unsaturated/α-hetero) is 1.